The summed E-state index contributed by atoms with van der Waals surface area (Å²) in [6.07, 6.45) is 3.37. The predicted octanol–water partition coefficient (Wildman–Crippen LogP) is 2.40. The van der Waals surface area contributed by atoms with Gasteiger partial charge in [0.15, 0.2) is 5.78 Å². The predicted molar refractivity (Wildman–Crippen MR) is 53.6 cm³/mol. The summed E-state index contributed by atoms with van der Waals surface area (Å²) in [7, 11) is 0. The Morgan fingerprint density at radius 1 is 1.29 bits per heavy atom. The Bertz CT molecular complexity index is 367. The van der Waals surface area contributed by atoms with Crippen LogP contribution in [0.15, 0.2) is 42.7 Å². The molecular weight excluding hydrogens is 176 g/mol. The van der Waals surface area contributed by atoms with Gasteiger partial charge in [-0.15, -0.1) is 0 Å². The van der Waals surface area contributed by atoms with Crippen LogP contribution in [-0.4, -0.2) is 5.78 Å². The molecule has 1 heterocycles. The highest BCUT2D eigenvalue weighted by molar-refractivity contribution is 5.90. The molecule has 0 radical (unpaired) electrons. The van der Waals surface area contributed by atoms with Gasteiger partial charge in [-0.05, 0) is 12.5 Å². The minimum atomic E-state index is -0.493. The van der Waals surface area contributed by atoms with Crippen LogP contribution in [-0.2, 0) is 15.1 Å². The lowest BCUT2D eigenvalue weighted by molar-refractivity contribution is -0.122. The van der Waals surface area contributed by atoms with E-state index in [1.165, 1.54) is 12.3 Å². The van der Waals surface area contributed by atoms with E-state index in [0.29, 0.717) is 6.42 Å². The molecule has 0 unspecified atom stereocenters. The van der Waals surface area contributed by atoms with E-state index < -0.39 is 5.60 Å². The van der Waals surface area contributed by atoms with Gasteiger partial charge in [0.1, 0.15) is 5.60 Å². The van der Waals surface area contributed by atoms with Crippen LogP contribution in [0.5, 0.6) is 0 Å². The molecule has 0 amide bonds. The first kappa shape index (κ1) is 9.00. The quantitative estimate of drug-likeness (QED) is 0.676. The fourth-order valence-corrected chi connectivity index (χ4v) is 1.65. The second-order valence-electron chi connectivity index (χ2n) is 3.66. The molecule has 1 aliphatic rings. The highest BCUT2D eigenvalue weighted by Gasteiger charge is 2.32. The van der Waals surface area contributed by atoms with E-state index >= 15 is 0 Å². The van der Waals surface area contributed by atoms with E-state index in [1.807, 2.05) is 37.3 Å². The van der Waals surface area contributed by atoms with Gasteiger partial charge in [-0.1, -0.05) is 30.3 Å². The van der Waals surface area contributed by atoms with Crippen molar-refractivity contribution in [2.24, 2.45) is 0 Å². The topological polar surface area (TPSA) is 26.3 Å². The summed E-state index contributed by atoms with van der Waals surface area (Å²) in [6.45, 7) is 1.93. The SMILES string of the molecule is C[C@]1(c2ccccc2)CC(=O)C=CO1. The van der Waals surface area contributed by atoms with Crippen molar-refractivity contribution in [1.29, 1.82) is 0 Å². The van der Waals surface area contributed by atoms with Crippen LogP contribution in [0.3, 0.4) is 0 Å². The number of carbonyl (C=O) groups excluding carboxylic acids is 1. The molecule has 1 atom stereocenters. The number of ketones is 1. The standard InChI is InChI=1S/C12H12O2/c1-12(9-11(13)7-8-14-12)10-5-3-2-4-6-10/h2-8H,9H2,1H3/t12-/m1/s1. The number of carbonyl (C=O) groups is 1. The first-order valence-corrected chi connectivity index (χ1v) is 4.63. The maximum Gasteiger partial charge on any atom is 0.163 e. The summed E-state index contributed by atoms with van der Waals surface area (Å²) in [4.78, 5) is 11.3. The molecule has 14 heavy (non-hydrogen) atoms. The fraction of sp³-hybridized carbons (Fsp3) is 0.250. The van der Waals surface area contributed by atoms with Gasteiger partial charge in [0.25, 0.3) is 0 Å². The van der Waals surface area contributed by atoms with Crippen LogP contribution in [0.1, 0.15) is 18.9 Å². The van der Waals surface area contributed by atoms with Crippen molar-refractivity contribution in [3.05, 3.63) is 48.2 Å². The van der Waals surface area contributed by atoms with E-state index in [-0.39, 0.29) is 5.78 Å². The number of allylic oxidation sites excluding steroid dienone is 1. The summed E-state index contributed by atoms with van der Waals surface area (Å²) in [5.74, 6) is 0.114. The summed E-state index contributed by atoms with van der Waals surface area (Å²) >= 11 is 0. The summed E-state index contributed by atoms with van der Waals surface area (Å²) in [5, 5.41) is 0. The van der Waals surface area contributed by atoms with Gasteiger partial charge in [0, 0.05) is 6.08 Å². The average Bonchev–Trinajstić information content (AvgIpc) is 2.19. The van der Waals surface area contributed by atoms with Crippen molar-refractivity contribution in [1.82, 2.24) is 0 Å². The first-order valence-electron chi connectivity index (χ1n) is 4.63. The third-order valence-corrected chi connectivity index (χ3v) is 2.48. The number of rotatable bonds is 1. The Morgan fingerprint density at radius 2 is 2.00 bits per heavy atom. The molecule has 0 fully saturated rings. The Labute approximate surface area is 83.2 Å². The maximum absolute atomic E-state index is 11.3. The Balaban J connectivity index is 2.34. The molecule has 2 heteroatoms. The highest BCUT2D eigenvalue weighted by Crippen LogP contribution is 2.31. The smallest absolute Gasteiger partial charge is 0.163 e. The van der Waals surface area contributed by atoms with E-state index in [9.17, 15) is 4.79 Å². The number of hydrogen-bond donors (Lipinski definition) is 0. The van der Waals surface area contributed by atoms with Gasteiger partial charge in [0.05, 0.1) is 12.7 Å². The molecule has 2 nitrogen and oxygen atoms in total. The molecule has 0 saturated heterocycles. The number of ether oxygens (including phenoxy) is 1. The van der Waals surface area contributed by atoms with E-state index in [4.69, 9.17) is 4.74 Å². The van der Waals surface area contributed by atoms with Gasteiger partial charge in [-0.2, -0.15) is 0 Å². The van der Waals surface area contributed by atoms with Crippen molar-refractivity contribution in [2.75, 3.05) is 0 Å². The van der Waals surface area contributed by atoms with Crippen LogP contribution in [0.25, 0.3) is 0 Å². The lowest BCUT2D eigenvalue weighted by Crippen LogP contribution is -2.29. The Hall–Kier alpha value is -1.57. The van der Waals surface area contributed by atoms with Crippen molar-refractivity contribution < 1.29 is 9.53 Å². The van der Waals surface area contributed by atoms with Crippen LogP contribution in [0, 0.1) is 0 Å². The van der Waals surface area contributed by atoms with Crippen molar-refractivity contribution in [3.8, 4) is 0 Å². The van der Waals surface area contributed by atoms with Crippen molar-refractivity contribution in [3.63, 3.8) is 0 Å². The van der Waals surface area contributed by atoms with Crippen LogP contribution in [0.4, 0.5) is 0 Å². The van der Waals surface area contributed by atoms with Crippen molar-refractivity contribution in [2.45, 2.75) is 18.9 Å². The molecular formula is C12H12O2. The van der Waals surface area contributed by atoms with Crippen LogP contribution >= 0.6 is 0 Å². The van der Waals surface area contributed by atoms with Gasteiger partial charge in [-0.25, -0.2) is 0 Å². The van der Waals surface area contributed by atoms with Crippen LogP contribution in [0.2, 0.25) is 0 Å². The van der Waals surface area contributed by atoms with Gasteiger partial charge < -0.3 is 4.74 Å². The minimum Gasteiger partial charge on any atom is -0.490 e. The molecule has 72 valence electrons. The third kappa shape index (κ3) is 1.55. The molecule has 2 rings (SSSR count). The van der Waals surface area contributed by atoms with Crippen LogP contribution < -0.4 is 0 Å². The molecule has 0 bridgehead atoms. The average molecular weight is 188 g/mol. The zero-order valence-electron chi connectivity index (χ0n) is 8.07. The molecule has 0 saturated carbocycles. The molecule has 0 N–H and O–H groups in total. The van der Waals surface area contributed by atoms with E-state index in [1.54, 1.807) is 0 Å². The second kappa shape index (κ2) is 3.29. The van der Waals surface area contributed by atoms with Gasteiger partial charge in [0.2, 0.25) is 0 Å². The van der Waals surface area contributed by atoms with E-state index in [2.05, 4.69) is 0 Å². The van der Waals surface area contributed by atoms with Gasteiger partial charge in [-0.3, -0.25) is 4.79 Å². The maximum atomic E-state index is 11.3. The Morgan fingerprint density at radius 3 is 2.64 bits per heavy atom. The molecule has 1 aromatic carbocycles. The van der Waals surface area contributed by atoms with Crippen molar-refractivity contribution >= 4 is 5.78 Å². The minimum absolute atomic E-state index is 0.114. The largest absolute Gasteiger partial charge is 0.490 e. The lowest BCUT2D eigenvalue weighted by Gasteiger charge is -2.30. The molecule has 0 aliphatic carbocycles. The molecule has 1 aromatic rings. The monoisotopic (exact) mass is 188 g/mol. The first-order chi connectivity index (χ1) is 6.71. The highest BCUT2D eigenvalue weighted by atomic mass is 16.5. The summed E-state index contributed by atoms with van der Waals surface area (Å²) in [6, 6.07) is 9.81. The second-order valence-corrected chi connectivity index (χ2v) is 3.66. The fourth-order valence-electron chi connectivity index (χ4n) is 1.65. The third-order valence-electron chi connectivity index (χ3n) is 2.48. The zero-order chi connectivity index (χ0) is 10.0. The summed E-state index contributed by atoms with van der Waals surface area (Å²) < 4.78 is 5.52. The normalized spacial score (nSPS) is 25.9. The molecule has 0 aromatic heterocycles. The molecule has 1 aliphatic heterocycles. The summed E-state index contributed by atoms with van der Waals surface area (Å²) in [5.41, 5.74) is 0.547. The lowest BCUT2D eigenvalue weighted by atomic mass is 9.89. The Kier molecular flexibility index (Phi) is 2.12. The van der Waals surface area contributed by atoms with E-state index in [0.717, 1.165) is 5.56 Å². The number of hydrogen-bond acceptors (Lipinski definition) is 2. The number of benzene rings is 1. The molecule has 0 spiro atoms. The van der Waals surface area contributed by atoms with Gasteiger partial charge >= 0.3 is 0 Å². The zero-order valence-corrected chi connectivity index (χ0v) is 8.07.